The van der Waals surface area contributed by atoms with E-state index in [0.29, 0.717) is 42.0 Å². The molecule has 3 rings (SSSR count). The van der Waals surface area contributed by atoms with Crippen LogP contribution in [0.2, 0.25) is 0 Å². The predicted molar refractivity (Wildman–Crippen MR) is 119 cm³/mol. The Labute approximate surface area is 189 Å². The molecule has 0 N–H and O–H groups in total. The Kier molecular flexibility index (Phi) is 8.10. The van der Waals surface area contributed by atoms with Crippen LogP contribution >= 0.6 is 0 Å². The number of nitro benzene ring substituents is 1. The average molecular weight is 460 g/mol. The molecule has 3 aromatic rings. The zero-order chi connectivity index (χ0) is 24.0. The molecule has 33 heavy (non-hydrogen) atoms. The zero-order valence-electron chi connectivity index (χ0n) is 18.6. The molecule has 0 aliphatic carbocycles. The van der Waals surface area contributed by atoms with Gasteiger partial charge in [-0.2, -0.15) is 4.39 Å². The molecular formula is C23H25FN2O7. The molecule has 0 fully saturated rings. The third-order valence-corrected chi connectivity index (χ3v) is 4.93. The van der Waals surface area contributed by atoms with E-state index in [1.165, 1.54) is 12.1 Å². The second-order valence-corrected chi connectivity index (χ2v) is 7.59. The highest BCUT2D eigenvalue weighted by molar-refractivity contribution is 5.82. The van der Waals surface area contributed by atoms with E-state index in [1.807, 2.05) is 19.0 Å². The highest BCUT2D eigenvalue weighted by Gasteiger charge is 2.22. The number of halogens is 1. The van der Waals surface area contributed by atoms with Crippen molar-refractivity contribution in [2.24, 2.45) is 0 Å². The lowest BCUT2D eigenvalue weighted by molar-refractivity contribution is -0.387. The van der Waals surface area contributed by atoms with Crippen LogP contribution < -0.4 is 10.4 Å². The molecule has 0 spiro atoms. The quantitative estimate of drug-likeness (QED) is 0.141. The Balaban J connectivity index is 1.99. The van der Waals surface area contributed by atoms with Gasteiger partial charge in [0.25, 0.3) is 0 Å². The van der Waals surface area contributed by atoms with E-state index in [9.17, 15) is 19.3 Å². The van der Waals surface area contributed by atoms with Gasteiger partial charge in [-0.25, -0.2) is 4.79 Å². The summed E-state index contributed by atoms with van der Waals surface area (Å²) >= 11 is 0. The van der Waals surface area contributed by atoms with Crippen molar-refractivity contribution in [3.8, 4) is 5.75 Å². The maximum absolute atomic E-state index is 14.7. The molecule has 1 aromatic heterocycles. The van der Waals surface area contributed by atoms with Gasteiger partial charge in [0.2, 0.25) is 5.82 Å². The molecule has 0 saturated heterocycles. The first-order valence-corrected chi connectivity index (χ1v) is 10.2. The van der Waals surface area contributed by atoms with Gasteiger partial charge >= 0.3 is 11.3 Å². The van der Waals surface area contributed by atoms with Gasteiger partial charge in [-0.1, -0.05) is 12.1 Å². The lowest BCUT2D eigenvalue weighted by atomic mass is 9.97. The van der Waals surface area contributed by atoms with E-state index in [1.54, 1.807) is 25.3 Å². The van der Waals surface area contributed by atoms with Gasteiger partial charge in [0, 0.05) is 43.2 Å². The smallest absolute Gasteiger partial charge is 0.340 e. The molecular weight excluding hydrogens is 435 g/mol. The largest absolute Gasteiger partial charge is 0.467 e. The lowest BCUT2D eigenvalue weighted by Crippen LogP contribution is -2.19. The summed E-state index contributed by atoms with van der Waals surface area (Å²) in [5.74, 6) is -0.508. The van der Waals surface area contributed by atoms with Crippen LogP contribution in [0.3, 0.4) is 0 Å². The number of hydrogen-bond acceptors (Lipinski definition) is 8. The molecule has 0 amide bonds. The van der Waals surface area contributed by atoms with Crippen molar-refractivity contribution in [2.75, 3.05) is 41.2 Å². The Hall–Kier alpha value is -3.34. The number of methoxy groups -OCH3 is 1. The lowest BCUT2D eigenvalue weighted by Gasteiger charge is -2.16. The van der Waals surface area contributed by atoms with Gasteiger partial charge in [0.05, 0.1) is 18.1 Å². The van der Waals surface area contributed by atoms with E-state index in [2.05, 4.69) is 0 Å². The van der Waals surface area contributed by atoms with Gasteiger partial charge in [0.1, 0.15) is 11.3 Å². The first kappa shape index (κ1) is 24.3. The van der Waals surface area contributed by atoms with Crippen molar-refractivity contribution in [3.63, 3.8) is 0 Å². The van der Waals surface area contributed by atoms with Crippen molar-refractivity contribution < 1.29 is 27.9 Å². The summed E-state index contributed by atoms with van der Waals surface area (Å²) in [7, 11) is 5.25. The highest BCUT2D eigenvalue weighted by Crippen LogP contribution is 2.28. The molecule has 176 valence electrons. The number of rotatable bonds is 11. The summed E-state index contributed by atoms with van der Waals surface area (Å²) in [6.45, 7) is 1.21. The Bertz CT molecular complexity index is 1190. The summed E-state index contributed by atoms with van der Waals surface area (Å²) in [5.41, 5.74) is -0.0224. The first-order chi connectivity index (χ1) is 15.8. The number of nitro groups is 1. The minimum Gasteiger partial charge on any atom is -0.467 e. The third-order valence-electron chi connectivity index (χ3n) is 4.93. The van der Waals surface area contributed by atoms with Gasteiger partial charge in [-0.15, -0.1) is 0 Å². The molecule has 0 saturated carbocycles. The number of hydrogen-bond donors (Lipinski definition) is 0. The summed E-state index contributed by atoms with van der Waals surface area (Å²) < 4.78 is 35.9. The van der Waals surface area contributed by atoms with Gasteiger partial charge in [-0.3, -0.25) is 10.1 Å². The molecule has 10 heteroatoms. The fourth-order valence-electron chi connectivity index (χ4n) is 3.39. The molecule has 0 aliphatic heterocycles. The minimum absolute atomic E-state index is 0.00774. The second kappa shape index (κ2) is 11.0. The maximum Gasteiger partial charge on any atom is 0.340 e. The van der Waals surface area contributed by atoms with Gasteiger partial charge < -0.3 is 23.5 Å². The molecule has 2 aromatic carbocycles. The minimum atomic E-state index is -0.963. The molecule has 1 heterocycles. The van der Waals surface area contributed by atoms with E-state index in [0.717, 1.165) is 6.07 Å². The Morgan fingerprint density at radius 2 is 1.94 bits per heavy atom. The normalized spacial score (nSPS) is 11.3. The molecule has 0 aliphatic rings. The maximum atomic E-state index is 14.7. The number of ether oxygens (including phenoxy) is 3. The van der Waals surface area contributed by atoms with Crippen LogP contribution in [-0.2, 0) is 22.4 Å². The summed E-state index contributed by atoms with van der Waals surface area (Å²) in [6, 6.07) is 8.97. The fraction of sp³-hybridized carbons (Fsp3) is 0.348. The SMILES string of the molecule is COCCOCOc1ccc2c(CN(C)C)c(Cc3cccc([N+](=O)[O-])c3F)c(=O)oc2c1. The van der Waals surface area contributed by atoms with Crippen LogP contribution in [0.5, 0.6) is 5.75 Å². The van der Waals surface area contributed by atoms with Gasteiger partial charge in [-0.05, 0) is 37.4 Å². The van der Waals surface area contributed by atoms with E-state index in [4.69, 9.17) is 18.6 Å². The molecule has 9 nitrogen and oxygen atoms in total. The van der Waals surface area contributed by atoms with E-state index >= 15 is 0 Å². The summed E-state index contributed by atoms with van der Waals surface area (Å²) in [4.78, 5) is 25.1. The highest BCUT2D eigenvalue weighted by atomic mass is 19.1. The van der Waals surface area contributed by atoms with Crippen molar-refractivity contribution in [1.82, 2.24) is 4.90 Å². The van der Waals surface area contributed by atoms with E-state index in [-0.39, 0.29) is 24.3 Å². The van der Waals surface area contributed by atoms with Gasteiger partial charge in [0.15, 0.2) is 6.79 Å². The monoisotopic (exact) mass is 460 g/mol. The zero-order valence-corrected chi connectivity index (χ0v) is 18.6. The van der Waals surface area contributed by atoms with Crippen LogP contribution in [0.1, 0.15) is 16.7 Å². The predicted octanol–water partition coefficient (Wildman–Crippen LogP) is 3.49. The molecule has 0 radical (unpaired) electrons. The Morgan fingerprint density at radius 1 is 1.15 bits per heavy atom. The topological polar surface area (TPSA) is 104 Å². The third kappa shape index (κ3) is 5.92. The fourth-order valence-corrected chi connectivity index (χ4v) is 3.39. The van der Waals surface area contributed by atoms with Crippen molar-refractivity contribution in [1.29, 1.82) is 0 Å². The van der Waals surface area contributed by atoms with Crippen LogP contribution in [0.15, 0.2) is 45.6 Å². The standard InChI is InChI=1S/C23H25FN2O7/c1-25(2)13-19-17-8-7-16(32-14-31-10-9-30-3)12-21(17)33-23(27)18(19)11-15-5-4-6-20(22(15)24)26(28)29/h4-8,12H,9-11,13-14H2,1-3H3. The van der Waals surface area contributed by atoms with Crippen LogP contribution in [0.4, 0.5) is 10.1 Å². The molecule has 0 atom stereocenters. The van der Waals surface area contributed by atoms with E-state index < -0.39 is 22.1 Å². The summed E-state index contributed by atoms with van der Waals surface area (Å²) in [6.07, 6.45) is -0.138. The van der Waals surface area contributed by atoms with Crippen LogP contribution in [0, 0.1) is 15.9 Å². The van der Waals surface area contributed by atoms with Crippen molar-refractivity contribution in [2.45, 2.75) is 13.0 Å². The van der Waals surface area contributed by atoms with Crippen molar-refractivity contribution >= 4 is 16.7 Å². The molecule has 0 unspecified atom stereocenters. The number of fused-ring (bicyclic) bond motifs is 1. The average Bonchev–Trinajstić information content (AvgIpc) is 2.76. The number of benzene rings is 2. The molecule has 0 bridgehead atoms. The van der Waals surface area contributed by atoms with Crippen LogP contribution in [-0.4, -0.2) is 51.0 Å². The second-order valence-electron chi connectivity index (χ2n) is 7.59. The first-order valence-electron chi connectivity index (χ1n) is 10.2. The van der Waals surface area contributed by atoms with Crippen molar-refractivity contribution in [3.05, 3.63) is 79.4 Å². The van der Waals surface area contributed by atoms with Crippen LogP contribution in [0.25, 0.3) is 11.0 Å². The number of nitrogens with zero attached hydrogens (tertiary/aromatic N) is 2. The summed E-state index contributed by atoms with van der Waals surface area (Å²) in [5, 5.41) is 11.8. The Morgan fingerprint density at radius 3 is 2.64 bits per heavy atom.